The number of carbonyl (C=O) groups is 2. The highest BCUT2D eigenvalue weighted by Crippen LogP contribution is 2.19. The van der Waals surface area contributed by atoms with Crippen molar-refractivity contribution in [2.75, 3.05) is 37.6 Å². The Morgan fingerprint density at radius 1 is 1.20 bits per heavy atom. The van der Waals surface area contributed by atoms with E-state index in [2.05, 4.69) is 10.2 Å². The van der Waals surface area contributed by atoms with E-state index in [9.17, 15) is 9.59 Å². The second-order valence-corrected chi connectivity index (χ2v) is 6.91. The maximum Gasteiger partial charge on any atom is 0.242 e. The van der Waals surface area contributed by atoms with Crippen molar-refractivity contribution in [3.05, 3.63) is 29.3 Å². The van der Waals surface area contributed by atoms with E-state index in [4.69, 9.17) is 17.3 Å². The molecule has 0 spiro atoms. The first-order valence-electron chi connectivity index (χ1n) is 8.74. The Kier molecular flexibility index (Phi) is 7.08. The molecule has 7 heteroatoms. The summed E-state index contributed by atoms with van der Waals surface area (Å²) in [7, 11) is 0. The van der Waals surface area contributed by atoms with Crippen LogP contribution in [0.2, 0.25) is 5.02 Å². The van der Waals surface area contributed by atoms with E-state index in [0.29, 0.717) is 18.1 Å². The molecule has 1 aliphatic rings. The Morgan fingerprint density at radius 2 is 1.80 bits per heavy atom. The third kappa shape index (κ3) is 5.34. The summed E-state index contributed by atoms with van der Waals surface area (Å²) in [6.45, 7) is 6.71. The van der Waals surface area contributed by atoms with Crippen LogP contribution in [0.4, 0.5) is 5.69 Å². The van der Waals surface area contributed by atoms with Crippen molar-refractivity contribution in [1.82, 2.24) is 10.2 Å². The van der Waals surface area contributed by atoms with Gasteiger partial charge in [-0.15, -0.1) is 0 Å². The van der Waals surface area contributed by atoms with Gasteiger partial charge in [-0.1, -0.05) is 31.9 Å². The predicted octanol–water partition coefficient (Wildman–Crippen LogP) is 1.48. The third-order valence-corrected chi connectivity index (χ3v) is 5.05. The zero-order valence-corrected chi connectivity index (χ0v) is 15.6. The first-order chi connectivity index (χ1) is 11.9. The number of hydrogen-bond acceptors (Lipinski definition) is 4. The van der Waals surface area contributed by atoms with Gasteiger partial charge in [-0.25, -0.2) is 0 Å². The molecule has 0 aliphatic carbocycles. The average molecular weight is 367 g/mol. The van der Waals surface area contributed by atoms with Crippen LogP contribution >= 0.6 is 11.6 Å². The monoisotopic (exact) mass is 366 g/mol. The molecule has 1 aliphatic heterocycles. The minimum absolute atomic E-state index is 0.00388. The van der Waals surface area contributed by atoms with Crippen molar-refractivity contribution in [3.63, 3.8) is 0 Å². The number of halogens is 1. The van der Waals surface area contributed by atoms with Crippen LogP contribution in [-0.4, -0.2) is 55.5 Å². The molecular weight excluding hydrogens is 340 g/mol. The summed E-state index contributed by atoms with van der Waals surface area (Å²) in [5.74, 6) is -0.235. The SMILES string of the molecule is CCC(C)C(N)C(=O)NCC(=O)N1CCN(c2ccc(Cl)cc2)CC1. The molecule has 1 aromatic carbocycles. The molecule has 6 nitrogen and oxygen atoms in total. The topological polar surface area (TPSA) is 78.7 Å². The van der Waals surface area contributed by atoms with Gasteiger partial charge < -0.3 is 20.9 Å². The van der Waals surface area contributed by atoms with Crippen LogP contribution in [0.25, 0.3) is 0 Å². The van der Waals surface area contributed by atoms with Crippen molar-refractivity contribution < 1.29 is 9.59 Å². The Morgan fingerprint density at radius 3 is 2.36 bits per heavy atom. The van der Waals surface area contributed by atoms with Gasteiger partial charge in [0.25, 0.3) is 0 Å². The molecule has 0 saturated carbocycles. The third-order valence-electron chi connectivity index (χ3n) is 4.80. The Labute approximate surface area is 154 Å². The molecule has 2 rings (SSSR count). The summed E-state index contributed by atoms with van der Waals surface area (Å²) < 4.78 is 0. The normalized spacial score (nSPS) is 17.1. The van der Waals surface area contributed by atoms with Gasteiger partial charge in [0.05, 0.1) is 12.6 Å². The molecule has 0 radical (unpaired) electrons. The number of piperazine rings is 1. The Hall–Kier alpha value is -1.79. The maximum absolute atomic E-state index is 12.3. The molecule has 0 aromatic heterocycles. The summed E-state index contributed by atoms with van der Waals surface area (Å²) in [6.07, 6.45) is 0.829. The lowest BCUT2D eigenvalue weighted by Crippen LogP contribution is -2.53. The van der Waals surface area contributed by atoms with E-state index in [1.54, 1.807) is 4.90 Å². The number of anilines is 1. The number of nitrogens with two attached hydrogens (primary N) is 1. The van der Waals surface area contributed by atoms with Gasteiger partial charge >= 0.3 is 0 Å². The molecule has 1 saturated heterocycles. The van der Waals surface area contributed by atoms with E-state index in [1.165, 1.54) is 0 Å². The quantitative estimate of drug-likeness (QED) is 0.799. The molecule has 2 amide bonds. The predicted molar refractivity (Wildman–Crippen MR) is 101 cm³/mol. The van der Waals surface area contributed by atoms with Crippen LogP contribution in [0.3, 0.4) is 0 Å². The van der Waals surface area contributed by atoms with Gasteiger partial charge in [-0.05, 0) is 30.2 Å². The smallest absolute Gasteiger partial charge is 0.242 e. The van der Waals surface area contributed by atoms with Crippen molar-refractivity contribution in [1.29, 1.82) is 0 Å². The number of rotatable bonds is 6. The Balaban J connectivity index is 1.77. The summed E-state index contributed by atoms with van der Waals surface area (Å²) in [5.41, 5.74) is 6.98. The highest BCUT2D eigenvalue weighted by Gasteiger charge is 2.23. The van der Waals surface area contributed by atoms with Crippen LogP contribution in [0.15, 0.2) is 24.3 Å². The minimum atomic E-state index is -0.570. The molecule has 1 aromatic rings. The van der Waals surface area contributed by atoms with Gasteiger partial charge in [-0.3, -0.25) is 9.59 Å². The van der Waals surface area contributed by atoms with E-state index in [0.717, 1.165) is 25.2 Å². The van der Waals surface area contributed by atoms with E-state index < -0.39 is 6.04 Å². The lowest BCUT2D eigenvalue weighted by molar-refractivity contribution is -0.133. The number of amides is 2. The molecule has 0 bridgehead atoms. The molecule has 2 unspecified atom stereocenters. The van der Waals surface area contributed by atoms with E-state index in [-0.39, 0.29) is 24.3 Å². The number of carbonyl (C=O) groups excluding carboxylic acids is 2. The molecule has 25 heavy (non-hydrogen) atoms. The number of nitrogens with zero attached hydrogens (tertiary/aromatic N) is 2. The largest absolute Gasteiger partial charge is 0.368 e. The fourth-order valence-electron chi connectivity index (χ4n) is 2.77. The summed E-state index contributed by atoms with van der Waals surface area (Å²) >= 11 is 5.91. The second-order valence-electron chi connectivity index (χ2n) is 6.47. The average Bonchev–Trinajstić information content (AvgIpc) is 2.65. The molecule has 1 heterocycles. The van der Waals surface area contributed by atoms with Gasteiger partial charge in [-0.2, -0.15) is 0 Å². The standard InChI is InChI=1S/C18H27ClN4O2/c1-3-13(2)17(20)18(25)21-12-16(24)23-10-8-22(9-11-23)15-6-4-14(19)5-7-15/h4-7,13,17H,3,8-12,20H2,1-2H3,(H,21,25). The zero-order chi connectivity index (χ0) is 18.4. The summed E-state index contributed by atoms with van der Waals surface area (Å²) in [6, 6.07) is 7.13. The highest BCUT2D eigenvalue weighted by atomic mass is 35.5. The number of nitrogens with one attached hydrogen (secondary N) is 1. The molecule has 2 atom stereocenters. The fraction of sp³-hybridized carbons (Fsp3) is 0.556. The molecular formula is C18H27ClN4O2. The zero-order valence-electron chi connectivity index (χ0n) is 14.9. The minimum Gasteiger partial charge on any atom is -0.368 e. The van der Waals surface area contributed by atoms with Gasteiger partial charge in [0.15, 0.2) is 0 Å². The molecule has 1 fully saturated rings. The van der Waals surface area contributed by atoms with Crippen LogP contribution < -0.4 is 16.0 Å². The maximum atomic E-state index is 12.3. The Bertz CT molecular complexity index is 585. The van der Waals surface area contributed by atoms with Gasteiger partial charge in [0.2, 0.25) is 11.8 Å². The summed E-state index contributed by atoms with van der Waals surface area (Å²) in [5, 5.41) is 3.37. The highest BCUT2D eigenvalue weighted by molar-refractivity contribution is 6.30. The van der Waals surface area contributed by atoms with Crippen molar-refractivity contribution in [2.45, 2.75) is 26.3 Å². The summed E-state index contributed by atoms with van der Waals surface area (Å²) in [4.78, 5) is 28.3. The fourth-order valence-corrected chi connectivity index (χ4v) is 2.90. The van der Waals surface area contributed by atoms with E-state index in [1.807, 2.05) is 38.1 Å². The molecule has 138 valence electrons. The van der Waals surface area contributed by atoms with Crippen LogP contribution in [-0.2, 0) is 9.59 Å². The number of benzene rings is 1. The van der Waals surface area contributed by atoms with Gasteiger partial charge in [0, 0.05) is 36.9 Å². The van der Waals surface area contributed by atoms with Crippen LogP contribution in [0.5, 0.6) is 0 Å². The van der Waals surface area contributed by atoms with Crippen molar-refractivity contribution >= 4 is 29.1 Å². The van der Waals surface area contributed by atoms with Crippen molar-refractivity contribution in [3.8, 4) is 0 Å². The first-order valence-corrected chi connectivity index (χ1v) is 9.11. The van der Waals surface area contributed by atoms with E-state index >= 15 is 0 Å². The lowest BCUT2D eigenvalue weighted by atomic mass is 9.99. The number of hydrogen-bond donors (Lipinski definition) is 2. The lowest BCUT2D eigenvalue weighted by Gasteiger charge is -2.36. The van der Waals surface area contributed by atoms with Crippen LogP contribution in [0.1, 0.15) is 20.3 Å². The van der Waals surface area contributed by atoms with Crippen molar-refractivity contribution in [2.24, 2.45) is 11.7 Å². The van der Waals surface area contributed by atoms with Crippen LogP contribution in [0, 0.1) is 5.92 Å². The second kappa shape index (κ2) is 9.06. The van der Waals surface area contributed by atoms with Gasteiger partial charge in [0.1, 0.15) is 0 Å². The molecule has 3 N–H and O–H groups in total. The first kappa shape index (κ1) is 19.5.